The Morgan fingerprint density at radius 3 is 2.44 bits per heavy atom. The average Bonchev–Trinajstić information content (AvgIpc) is 2.40. The van der Waals surface area contributed by atoms with E-state index >= 15 is 0 Å². The van der Waals surface area contributed by atoms with Gasteiger partial charge in [0.1, 0.15) is 16.5 Å². The van der Waals surface area contributed by atoms with Crippen LogP contribution >= 0.6 is 11.6 Å². The molecule has 1 fully saturated rings. The second-order valence-corrected chi connectivity index (χ2v) is 4.60. The molecule has 0 spiro atoms. The topological polar surface area (TPSA) is 21.3 Å². The zero-order valence-electron chi connectivity index (χ0n) is 9.63. The minimum absolute atomic E-state index is 0.757. The second kappa shape index (κ2) is 5.55. The normalized spacial score (nSPS) is 21.2. The molecular formula is C13H18ClNO. The molecule has 0 aliphatic carbocycles. The predicted molar refractivity (Wildman–Crippen MR) is 67.5 cm³/mol. The van der Waals surface area contributed by atoms with Gasteiger partial charge in [0.15, 0.2) is 0 Å². The first-order valence-corrected chi connectivity index (χ1v) is 6.39. The monoisotopic (exact) mass is 239 g/mol. The molecule has 0 amide bonds. The van der Waals surface area contributed by atoms with Gasteiger partial charge in [0.25, 0.3) is 0 Å². The molecule has 1 aromatic rings. The van der Waals surface area contributed by atoms with Crippen molar-refractivity contribution in [2.45, 2.75) is 38.6 Å². The molecule has 3 aliphatic heterocycles. The number of hydrogen-bond donors (Lipinski definition) is 1. The summed E-state index contributed by atoms with van der Waals surface area (Å²) >= 11 is 5.65. The molecule has 0 aromatic heterocycles. The molecule has 88 valence electrons. The molecular weight excluding hydrogens is 222 g/mol. The fourth-order valence-electron chi connectivity index (χ4n) is 1.99. The van der Waals surface area contributed by atoms with Crippen LogP contribution in [-0.4, -0.2) is 12.6 Å². The predicted octanol–water partition coefficient (Wildman–Crippen LogP) is 3.98. The van der Waals surface area contributed by atoms with Gasteiger partial charge < -0.3 is 10.1 Å². The summed E-state index contributed by atoms with van der Waals surface area (Å²) in [5, 5.41) is 4.23. The third-order valence-corrected chi connectivity index (χ3v) is 3.43. The summed E-state index contributed by atoms with van der Waals surface area (Å²) in [6.45, 7) is 3.50. The quantitative estimate of drug-likeness (QED) is 0.813. The smallest absolute Gasteiger partial charge is 0.149 e. The van der Waals surface area contributed by atoms with E-state index in [1.54, 1.807) is 0 Å². The van der Waals surface area contributed by atoms with Gasteiger partial charge in [0.05, 0.1) is 0 Å². The van der Waals surface area contributed by atoms with Crippen LogP contribution in [0.2, 0.25) is 5.02 Å². The maximum absolute atomic E-state index is 5.65. The highest BCUT2D eigenvalue weighted by molar-refractivity contribution is 6.34. The van der Waals surface area contributed by atoms with Crippen LogP contribution in [-0.2, 0) is 0 Å². The number of piperidine rings is 1. The Kier molecular flexibility index (Phi) is 4.08. The highest BCUT2D eigenvalue weighted by Crippen LogP contribution is 2.45. The van der Waals surface area contributed by atoms with E-state index in [1.165, 1.54) is 32.2 Å². The zero-order valence-corrected chi connectivity index (χ0v) is 10.4. The van der Waals surface area contributed by atoms with Gasteiger partial charge in [-0.15, -0.1) is 0 Å². The van der Waals surface area contributed by atoms with Crippen LogP contribution in [0.25, 0.3) is 0 Å². The van der Waals surface area contributed by atoms with Gasteiger partial charge >= 0.3 is 0 Å². The first-order valence-electron chi connectivity index (χ1n) is 6.01. The van der Waals surface area contributed by atoms with Gasteiger partial charge in [-0.05, 0) is 37.9 Å². The first-order chi connectivity index (χ1) is 7.81. The van der Waals surface area contributed by atoms with Crippen molar-refractivity contribution in [2.24, 2.45) is 0 Å². The Bertz CT molecular complexity index is 328. The lowest BCUT2D eigenvalue weighted by molar-refractivity contribution is 0.393. The van der Waals surface area contributed by atoms with Gasteiger partial charge in [0, 0.05) is 6.04 Å². The number of nitrogens with one attached hydrogen (secondary N) is 1. The second-order valence-electron chi connectivity index (χ2n) is 4.23. The maximum atomic E-state index is 5.65. The molecule has 1 atom stereocenters. The third-order valence-electron chi connectivity index (χ3n) is 3.05. The van der Waals surface area contributed by atoms with E-state index in [-0.39, 0.29) is 0 Å². The Labute approximate surface area is 102 Å². The van der Waals surface area contributed by atoms with Gasteiger partial charge in [-0.25, -0.2) is 0 Å². The SMILES string of the molecule is CCC1CCCCN1.Clc1c2cccc1O2. The Balaban J connectivity index is 0.000000120. The molecule has 2 bridgehead atoms. The van der Waals surface area contributed by atoms with Crippen LogP contribution in [0.3, 0.4) is 0 Å². The Morgan fingerprint density at radius 2 is 2.12 bits per heavy atom. The molecule has 1 saturated heterocycles. The van der Waals surface area contributed by atoms with Crippen molar-refractivity contribution < 1.29 is 4.74 Å². The average molecular weight is 240 g/mol. The lowest BCUT2D eigenvalue weighted by atomic mass is 10.0. The molecule has 4 rings (SSSR count). The molecule has 2 nitrogen and oxygen atoms in total. The first kappa shape index (κ1) is 11.7. The van der Waals surface area contributed by atoms with E-state index in [0.29, 0.717) is 0 Å². The molecule has 1 aromatic carbocycles. The van der Waals surface area contributed by atoms with E-state index in [2.05, 4.69) is 12.2 Å². The van der Waals surface area contributed by atoms with Crippen LogP contribution in [0.15, 0.2) is 18.2 Å². The van der Waals surface area contributed by atoms with Crippen molar-refractivity contribution in [3.8, 4) is 11.5 Å². The summed E-state index contributed by atoms with van der Waals surface area (Å²) in [4.78, 5) is 0. The highest BCUT2D eigenvalue weighted by atomic mass is 35.5. The zero-order chi connectivity index (χ0) is 11.4. The Morgan fingerprint density at radius 1 is 1.38 bits per heavy atom. The van der Waals surface area contributed by atoms with Crippen molar-refractivity contribution in [3.63, 3.8) is 0 Å². The molecule has 3 heteroatoms. The summed E-state index contributed by atoms with van der Waals surface area (Å²) in [7, 11) is 0. The number of fused-ring (bicyclic) bond motifs is 2. The fraction of sp³-hybridized carbons (Fsp3) is 0.538. The minimum atomic E-state index is 0.757. The molecule has 0 radical (unpaired) electrons. The molecule has 1 unspecified atom stereocenters. The number of halogens is 1. The van der Waals surface area contributed by atoms with Crippen LogP contribution in [0.5, 0.6) is 11.5 Å². The molecule has 3 heterocycles. The maximum Gasteiger partial charge on any atom is 0.149 e. The molecule has 3 aliphatic rings. The molecule has 16 heavy (non-hydrogen) atoms. The summed E-state index contributed by atoms with van der Waals surface area (Å²) in [6, 6.07) is 6.44. The van der Waals surface area contributed by atoms with Crippen LogP contribution in [0.1, 0.15) is 32.6 Å². The van der Waals surface area contributed by atoms with Gasteiger partial charge in [-0.3, -0.25) is 0 Å². The van der Waals surface area contributed by atoms with E-state index in [1.807, 2.05) is 18.2 Å². The van der Waals surface area contributed by atoms with Crippen LogP contribution in [0, 0.1) is 0 Å². The van der Waals surface area contributed by atoms with E-state index in [0.717, 1.165) is 22.6 Å². The van der Waals surface area contributed by atoms with Gasteiger partial charge in [-0.2, -0.15) is 0 Å². The minimum Gasteiger partial charge on any atom is -0.454 e. The van der Waals surface area contributed by atoms with E-state index in [4.69, 9.17) is 16.3 Å². The van der Waals surface area contributed by atoms with Crippen LogP contribution in [0.4, 0.5) is 0 Å². The number of rotatable bonds is 1. The van der Waals surface area contributed by atoms with Crippen molar-refractivity contribution >= 4 is 11.6 Å². The highest BCUT2D eigenvalue weighted by Gasteiger charge is 2.17. The van der Waals surface area contributed by atoms with Crippen molar-refractivity contribution in [1.29, 1.82) is 0 Å². The largest absolute Gasteiger partial charge is 0.454 e. The molecule has 0 saturated carbocycles. The van der Waals surface area contributed by atoms with E-state index in [9.17, 15) is 0 Å². The summed E-state index contributed by atoms with van der Waals surface area (Å²) < 4.78 is 5.01. The summed E-state index contributed by atoms with van der Waals surface area (Å²) in [5.74, 6) is 1.59. The van der Waals surface area contributed by atoms with Crippen molar-refractivity contribution in [3.05, 3.63) is 23.2 Å². The third kappa shape index (κ3) is 2.69. The number of hydrogen-bond acceptors (Lipinski definition) is 2. The van der Waals surface area contributed by atoms with Gasteiger partial charge in [-0.1, -0.05) is 31.0 Å². The number of benzene rings is 1. The Hall–Kier alpha value is -0.730. The van der Waals surface area contributed by atoms with Crippen LogP contribution < -0.4 is 10.1 Å². The lowest BCUT2D eigenvalue weighted by Gasteiger charge is -2.21. The summed E-state index contributed by atoms with van der Waals surface area (Å²) in [5.41, 5.74) is 0. The van der Waals surface area contributed by atoms with Crippen molar-refractivity contribution in [1.82, 2.24) is 5.32 Å². The summed E-state index contributed by atoms with van der Waals surface area (Å²) in [6.07, 6.45) is 5.53. The number of ether oxygens (including phenoxy) is 1. The standard InChI is InChI=1S/C7H15N.C6H3ClO/c1-2-7-5-3-4-6-8-7;7-6-4-2-1-3-5(6)8-4/h7-8H,2-6H2,1H3;1-3H. The van der Waals surface area contributed by atoms with Crippen molar-refractivity contribution in [2.75, 3.05) is 6.54 Å². The fourth-order valence-corrected chi connectivity index (χ4v) is 2.20. The van der Waals surface area contributed by atoms with E-state index < -0.39 is 0 Å². The van der Waals surface area contributed by atoms with Gasteiger partial charge in [0.2, 0.25) is 0 Å². The lowest BCUT2D eigenvalue weighted by Crippen LogP contribution is -2.32. The molecule has 1 N–H and O–H groups in total.